The molecule has 1 saturated carbocycles. The average molecular weight is 407 g/mol. The molecule has 1 saturated heterocycles. The molecule has 2 heterocycles. The number of benzene rings is 1. The molecule has 27 heavy (non-hydrogen) atoms. The summed E-state index contributed by atoms with van der Waals surface area (Å²) >= 11 is 1.48. The average Bonchev–Trinajstić information content (AvgIpc) is 3.09. The fourth-order valence-corrected chi connectivity index (χ4v) is 5.50. The van der Waals surface area contributed by atoms with E-state index in [1.807, 2.05) is 5.38 Å². The smallest absolute Gasteiger partial charge is 0.243 e. The maximum absolute atomic E-state index is 12.7. The molecule has 1 aromatic heterocycles. The Morgan fingerprint density at radius 1 is 1.19 bits per heavy atom. The van der Waals surface area contributed by atoms with Gasteiger partial charge in [0.15, 0.2) is 0 Å². The Bertz CT molecular complexity index is 911. The van der Waals surface area contributed by atoms with Crippen molar-refractivity contribution >= 4 is 27.1 Å². The minimum atomic E-state index is -3.49. The van der Waals surface area contributed by atoms with Gasteiger partial charge in [-0.1, -0.05) is 18.6 Å². The van der Waals surface area contributed by atoms with Gasteiger partial charge in [-0.05, 0) is 25.0 Å². The number of rotatable bonds is 6. The second kappa shape index (κ2) is 7.79. The molecular formula is C19H22N2O4S2. The van der Waals surface area contributed by atoms with Crippen molar-refractivity contribution in [1.29, 1.82) is 0 Å². The van der Waals surface area contributed by atoms with Gasteiger partial charge in [-0.15, -0.1) is 11.3 Å². The van der Waals surface area contributed by atoms with E-state index in [2.05, 4.69) is 4.98 Å². The minimum Gasteiger partial charge on any atom is -0.379 e. The summed E-state index contributed by atoms with van der Waals surface area (Å²) in [5, 5.41) is 2.75. The Hall–Kier alpha value is -1.61. The second-order valence-electron chi connectivity index (χ2n) is 6.94. The summed E-state index contributed by atoms with van der Waals surface area (Å²) in [4.78, 5) is 17.0. The Labute approximate surface area is 163 Å². The van der Waals surface area contributed by atoms with Crippen molar-refractivity contribution in [3.8, 4) is 11.3 Å². The topological polar surface area (TPSA) is 76.6 Å². The van der Waals surface area contributed by atoms with Crippen LogP contribution in [0.1, 0.15) is 24.3 Å². The number of ether oxygens (including phenoxy) is 1. The predicted molar refractivity (Wildman–Crippen MR) is 103 cm³/mol. The number of aromatic nitrogens is 1. The molecule has 0 bridgehead atoms. The van der Waals surface area contributed by atoms with Crippen LogP contribution in [0.15, 0.2) is 34.5 Å². The third-order valence-electron chi connectivity index (χ3n) is 5.20. The molecule has 2 aliphatic rings. The zero-order valence-corrected chi connectivity index (χ0v) is 16.6. The molecule has 8 heteroatoms. The van der Waals surface area contributed by atoms with Crippen LogP contribution < -0.4 is 0 Å². The van der Waals surface area contributed by atoms with Crippen LogP contribution in [0.5, 0.6) is 0 Å². The highest BCUT2D eigenvalue weighted by atomic mass is 32.2. The second-order valence-corrected chi connectivity index (χ2v) is 9.82. The van der Waals surface area contributed by atoms with Crippen LogP contribution in [-0.2, 0) is 26.0 Å². The van der Waals surface area contributed by atoms with Crippen LogP contribution in [0.25, 0.3) is 11.3 Å². The number of ketones is 1. The number of nitrogens with zero attached hydrogens (tertiary/aromatic N) is 2. The van der Waals surface area contributed by atoms with Gasteiger partial charge in [0.2, 0.25) is 10.0 Å². The summed E-state index contributed by atoms with van der Waals surface area (Å²) in [5.74, 6) is 0.510. The van der Waals surface area contributed by atoms with Gasteiger partial charge in [-0.25, -0.2) is 13.4 Å². The van der Waals surface area contributed by atoms with E-state index in [1.165, 1.54) is 15.6 Å². The van der Waals surface area contributed by atoms with Gasteiger partial charge in [0.05, 0.1) is 30.2 Å². The molecule has 0 amide bonds. The summed E-state index contributed by atoms with van der Waals surface area (Å²) in [5.41, 5.74) is 1.64. The third kappa shape index (κ3) is 3.99. The summed E-state index contributed by atoms with van der Waals surface area (Å²) in [6.07, 6.45) is 3.57. The first kappa shape index (κ1) is 18.7. The molecule has 0 unspecified atom stereocenters. The molecule has 0 atom stereocenters. The van der Waals surface area contributed by atoms with Crippen molar-refractivity contribution in [2.45, 2.75) is 30.6 Å². The van der Waals surface area contributed by atoms with Gasteiger partial charge in [0.1, 0.15) is 10.8 Å². The van der Waals surface area contributed by atoms with E-state index in [4.69, 9.17) is 4.74 Å². The molecule has 0 spiro atoms. The number of sulfonamides is 1. The third-order valence-corrected chi connectivity index (χ3v) is 7.96. The van der Waals surface area contributed by atoms with Crippen molar-refractivity contribution in [2.75, 3.05) is 26.3 Å². The van der Waals surface area contributed by atoms with Gasteiger partial charge in [-0.2, -0.15) is 4.31 Å². The maximum atomic E-state index is 12.7. The number of carbonyl (C=O) groups is 1. The van der Waals surface area contributed by atoms with Gasteiger partial charge in [0, 0.05) is 30.0 Å². The fraction of sp³-hybridized carbons (Fsp3) is 0.474. The molecule has 0 radical (unpaired) electrons. The lowest BCUT2D eigenvalue weighted by Gasteiger charge is -2.26. The molecule has 1 aliphatic carbocycles. The maximum Gasteiger partial charge on any atom is 0.243 e. The van der Waals surface area contributed by atoms with E-state index in [1.54, 1.807) is 24.3 Å². The number of morpholine rings is 1. The van der Waals surface area contributed by atoms with E-state index in [0.717, 1.165) is 35.5 Å². The first-order valence-electron chi connectivity index (χ1n) is 9.19. The van der Waals surface area contributed by atoms with Crippen molar-refractivity contribution in [3.05, 3.63) is 34.7 Å². The van der Waals surface area contributed by atoms with E-state index in [-0.39, 0.29) is 16.6 Å². The van der Waals surface area contributed by atoms with Gasteiger partial charge in [0.25, 0.3) is 0 Å². The summed E-state index contributed by atoms with van der Waals surface area (Å²) in [6.45, 7) is 1.63. The molecule has 6 nitrogen and oxygen atoms in total. The van der Waals surface area contributed by atoms with Crippen molar-refractivity contribution in [1.82, 2.24) is 9.29 Å². The zero-order valence-electron chi connectivity index (χ0n) is 15.0. The lowest BCUT2D eigenvalue weighted by molar-refractivity contribution is -0.124. The molecule has 144 valence electrons. The van der Waals surface area contributed by atoms with Crippen LogP contribution >= 0.6 is 11.3 Å². The number of hydrogen-bond donors (Lipinski definition) is 0. The number of hydrogen-bond acceptors (Lipinski definition) is 6. The zero-order chi connectivity index (χ0) is 18.9. The van der Waals surface area contributed by atoms with Crippen LogP contribution in [-0.4, -0.2) is 49.8 Å². The van der Waals surface area contributed by atoms with Gasteiger partial charge in [-0.3, -0.25) is 4.79 Å². The lowest BCUT2D eigenvalue weighted by Crippen LogP contribution is -2.40. The number of thiazole rings is 1. The van der Waals surface area contributed by atoms with Crippen LogP contribution in [0, 0.1) is 5.92 Å². The van der Waals surface area contributed by atoms with E-state index < -0.39 is 10.0 Å². The van der Waals surface area contributed by atoms with Gasteiger partial charge >= 0.3 is 0 Å². The summed E-state index contributed by atoms with van der Waals surface area (Å²) in [7, 11) is -3.49. The highest BCUT2D eigenvalue weighted by Gasteiger charge is 2.27. The van der Waals surface area contributed by atoms with E-state index in [0.29, 0.717) is 32.7 Å². The van der Waals surface area contributed by atoms with Crippen molar-refractivity contribution in [2.24, 2.45) is 5.92 Å². The molecular weight excluding hydrogens is 384 g/mol. The summed E-state index contributed by atoms with van der Waals surface area (Å²) in [6, 6.07) is 6.80. The van der Waals surface area contributed by atoms with Crippen LogP contribution in [0.3, 0.4) is 0 Å². The normalized spacial score (nSPS) is 19.0. The number of Topliss-reactive ketones (excluding diaryl/α,β-unsaturated/α-hetero) is 1. The predicted octanol–water partition coefficient (Wildman–Crippen LogP) is 2.74. The quantitative estimate of drug-likeness (QED) is 0.737. The Balaban J connectivity index is 1.46. The molecule has 2 fully saturated rings. The Morgan fingerprint density at radius 3 is 2.52 bits per heavy atom. The van der Waals surface area contributed by atoms with Crippen molar-refractivity contribution < 1.29 is 17.9 Å². The minimum absolute atomic E-state index is 0.224. The Kier molecular flexibility index (Phi) is 5.41. The molecule has 2 aromatic rings. The summed E-state index contributed by atoms with van der Waals surface area (Å²) < 4.78 is 32.0. The first-order chi connectivity index (χ1) is 13.0. The highest BCUT2D eigenvalue weighted by Crippen LogP contribution is 2.30. The molecule has 1 aliphatic heterocycles. The molecule has 0 N–H and O–H groups in total. The van der Waals surface area contributed by atoms with E-state index >= 15 is 0 Å². The largest absolute Gasteiger partial charge is 0.379 e. The monoisotopic (exact) mass is 406 g/mol. The van der Waals surface area contributed by atoms with Crippen LogP contribution in [0.4, 0.5) is 0 Å². The lowest BCUT2D eigenvalue weighted by atomic mass is 9.81. The highest BCUT2D eigenvalue weighted by molar-refractivity contribution is 7.89. The van der Waals surface area contributed by atoms with Gasteiger partial charge < -0.3 is 4.74 Å². The Morgan fingerprint density at radius 2 is 1.89 bits per heavy atom. The fourth-order valence-electron chi connectivity index (χ4n) is 3.28. The SMILES string of the molecule is O=C(Cc1nc(-c2ccc(S(=O)(=O)N3CCOCC3)cc2)cs1)C1CCC1. The van der Waals surface area contributed by atoms with Crippen LogP contribution in [0.2, 0.25) is 0 Å². The van der Waals surface area contributed by atoms with Crippen molar-refractivity contribution in [3.63, 3.8) is 0 Å². The first-order valence-corrected chi connectivity index (χ1v) is 11.5. The standard InChI is InChI=1S/C19H22N2O4S2/c22-18(15-2-1-3-15)12-19-20-17(13-26-19)14-4-6-16(7-5-14)27(23,24)21-8-10-25-11-9-21/h4-7,13,15H,1-3,8-12H2. The molecule has 4 rings (SSSR count). The number of carbonyl (C=O) groups excluding carboxylic acids is 1. The van der Waals surface area contributed by atoms with E-state index in [9.17, 15) is 13.2 Å². The molecule has 1 aromatic carbocycles.